The number of hydrogen-bond acceptors (Lipinski definition) is 3. The van der Waals surface area contributed by atoms with Crippen LogP contribution in [0.25, 0.3) is 6.08 Å². The van der Waals surface area contributed by atoms with E-state index in [1.54, 1.807) is 6.08 Å². The van der Waals surface area contributed by atoms with Crippen molar-refractivity contribution in [2.45, 2.75) is 20.8 Å². The second kappa shape index (κ2) is 7.70. The van der Waals surface area contributed by atoms with Gasteiger partial charge in [-0.25, -0.2) is 0 Å². The van der Waals surface area contributed by atoms with Crippen LogP contribution in [-0.2, 0) is 4.79 Å². The van der Waals surface area contributed by atoms with E-state index in [2.05, 4.69) is 19.2 Å². The van der Waals surface area contributed by atoms with Crippen molar-refractivity contribution in [3.63, 3.8) is 0 Å². The molecule has 0 spiro atoms. The maximum Gasteiger partial charge on any atom is 0.281 e. The number of amides is 1. The molecular weight excluding hydrogens is 344 g/mol. The Kier molecular flexibility index (Phi) is 5.38. The van der Waals surface area contributed by atoms with Crippen LogP contribution in [0.15, 0.2) is 54.2 Å². The molecule has 1 fully saturated rings. The number of carbonyl (C=O) groups excluding carboxylic acids is 1. The smallest absolute Gasteiger partial charge is 0.281 e. The molecule has 1 heterocycles. The molecule has 0 aromatic heterocycles. The molecule has 1 N–H and O–H groups in total. The van der Waals surface area contributed by atoms with E-state index in [-0.39, 0.29) is 5.91 Å². The number of para-hydroxylation sites is 1. The van der Waals surface area contributed by atoms with Crippen LogP contribution in [-0.4, -0.2) is 17.6 Å². The molecule has 5 heteroatoms. The van der Waals surface area contributed by atoms with Crippen LogP contribution in [0.1, 0.15) is 25.0 Å². The highest BCUT2D eigenvalue weighted by molar-refractivity contribution is 7.80. The molecular formula is C21H22N2O2S. The summed E-state index contributed by atoms with van der Waals surface area (Å²) in [4.78, 5) is 14.4. The van der Waals surface area contributed by atoms with Crippen LogP contribution in [0.4, 0.5) is 5.69 Å². The van der Waals surface area contributed by atoms with Gasteiger partial charge in [-0.1, -0.05) is 44.2 Å². The van der Waals surface area contributed by atoms with Crippen LogP contribution in [0.5, 0.6) is 5.75 Å². The van der Waals surface area contributed by atoms with Gasteiger partial charge < -0.3 is 10.1 Å². The Labute approximate surface area is 159 Å². The zero-order valence-electron chi connectivity index (χ0n) is 15.2. The van der Waals surface area contributed by atoms with Gasteiger partial charge in [0.15, 0.2) is 5.11 Å². The van der Waals surface area contributed by atoms with Gasteiger partial charge >= 0.3 is 0 Å². The van der Waals surface area contributed by atoms with Crippen LogP contribution < -0.4 is 15.0 Å². The average Bonchev–Trinajstić information content (AvgIpc) is 2.88. The molecule has 0 atom stereocenters. The number of aryl methyl sites for hydroxylation is 1. The van der Waals surface area contributed by atoms with E-state index in [0.29, 0.717) is 23.3 Å². The van der Waals surface area contributed by atoms with Gasteiger partial charge in [-0.3, -0.25) is 9.69 Å². The molecule has 0 saturated carbocycles. The van der Waals surface area contributed by atoms with E-state index in [0.717, 1.165) is 22.6 Å². The fraction of sp³-hybridized carbons (Fsp3) is 0.238. The third kappa shape index (κ3) is 3.94. The summed E-state index contributed by atoms with van der Waals surface area (Å²) >= 11 is 5.38. The number of ether oxygens (including phenoxy) is 1. The molecule has 1 amide bonds. The van der Waals surface area contributed by atoms with Crippen LogP contribution in [0, 0.1) is 12.8 Å². The quantitative estimate of drug-likeness (QED) is 0.633. The molecule has 4 nitrogen and oxygen atoms in total. The van der Waals surface area contributed by atoms with Gasteiger partial charge in [0, 0.05) is 0 Å². The first-order valence-electron chi connectivity index (χ1n) is 8.61. The zero-order valence-corrected chi connectivity index (χ0v) is 16.0. The summed E-state index contributed by atoms with van der Waals surface area (Å²) in [6.45, 7) is 6.83. The van der Waals surface area contributed by atoms with Crippen molar-refractivity contribution in [2.24, 2.45) is 5.92 Å². The molecule has 2 aromatic carbocycles. The highest BCUT2D eigenvalue weighted by Crippen LogP contribution is 2.26. The first-order chi connectivity index (χ1) is 12.5. The topological polar surface area (TPSA) is 41.6 Å². The predicted octanol–water partition coefficient (Wildman–Crippen LogP) is 4.29. The highest BCUT2D eigenvalue weighted by Gasteiger charge is 2.32. The Bertz CT molecular complexity index is 874. The number of carbonyl (C=O) groups is 1. The van der Waals surface area contributed by atoms with Gasteiger partial charge in [-0.05, 0) is 60.5 Å². The first-order valence-corrected chi connectivity index (χ1v) is 9.02. The molecule has 1 aliphatic heterocycles. The lowest BCUT2D eigenvalue weighted by Gasteiger charge is -2.16. The lowest BCUT2D eigenvalue weighted by molar-refractivity contribution is -0.113. The van der Waals surface area contributed by atoms with Crippen molar-refractivity contribution in [1.29, 1.82) is 0 Å². The molecule has 26 heavy (non-hydrogen) atoms. The Morgan fingerprint density at radius 3 is 2.69 bits per heavy atom. The van der Waals surface area contributed by atoms with Gasteiger partial charge in [0.25, 0.3) is 5.91 Å². The second-order valence-corrected chi connectivity index (χ2v) is 7.08. The highest BCUT2D eigenvalue weighted by atomic mass is 32.1. The molecule has 3 rings (SSSR count). The third-order valence-electron chi connectivity index (χ3n) is 3.99. The van der Waals surface area contributed by atoms with E-state index in [9.17, 15) is 4.79 Å². The number of rotatable bonds is 5. The van der Waals surface area contributed by atoms with Gasteiger partial charge in [-0.15, -0.1) is 0 Å². The SMILES string of the molecule is Cc1ccccc1N1C(=O)/C(=C\c2cccc(OCC(C)C)c2)NC1=S. The van der Waals surface area contributed by atoms with Crippen molar-refractivity contribution in [3.8, 4) is 5.75 Å². The normalized spacial score (nSPS) is 15.7. The number of thiocarbonyl (C=S) groups is 1. The molecule has 1 saturated heterocycles. The van der Waals surface area contributed by atoms with Crippen molar-refractivity contribution in [1.82, 2.24) is 5.32 Å². The van der Waals surface area contributed by atoms with Crippen LogP contribution >= 0.6 is 12.2 Å². The maximum absolute atomic E-state index is 12.8. The van der Waals surface area contributed by atoms with Crippen molar-refractivity contribution < 1.29 is 9.53 Å². The minimum Gasteiger partial charge on any atom is -0.493 e. The monoisotopic (exact) mass is 366 g/mol. The molecule has 0 aliphatic carbocycles. The summed E-state index contributed by atoms with van der Waals surface area (Å²) in [7, 11) is 0. The number of benzene rings is 2. The third-order valence-corrected chi connectivity index (χ3v) is 4.27. The summed E-state index contributed by atoms with van der Waals surface area (Å²) in [5.74, 6) is 1.09. The summed E-state index contributed by atoms with van der Waals surface area (Å²) in [6.07, 6.45) is 1.80. The van der Waals surface area contributed by atoms with Gasteiger partial charge in [0.1, 0.15) is 11.4 Å². The minimum atomic E-state index is -0.155. The van der Waals surface area contributed by atoms with Gasteiger partial charge in [0.2, 0.25) is 0 Å². The molecule has 134 valence electrons. The molecule has 2 aromatic rings. The first kappa shape index (κ1) is 18.1. The summed E-state index contributed by atoms with van der Waals surface area (Å²) < 4.78 is 5.76. The van der Waals surface area contributed by atoms with Crippen molar-refractivity contribution >= 4 is 35.0 Å². The second-order valence-electron chi connectivity index (χ2n) is 6.69. The predicted molar refractivity (Wildman–Crippen MR) is 109 cm³/mol. The summed E-state index contributed by atoms with van der Waals surface area (Å²) in [5, 5.41) is 3.42. The largest absolute Gasteiger partial charge is 0.493 e. The molecule has 0 unspecified atom stereocenters. The van der Waals surface area contributed by atoms with Crippen molar-refractivity contribution in [2.75, 3.05) is 11.5 Å². The number of nitrogens with one attached hydrogen (secondary N) is 1. The molecule has 0 bridgehead atoms. The van der Waals surface area contributed by atoms with Crippen molar-refractivity contribution in [3.05, 3.63) is 65.4 Å². The Balaban J connectivity index is 1.84. The Morgan fingerprint density at radius 1 is 1.19 bits per heavy atom. The van der Waals surface area contributed by atoms with E-state index in [1.807, 2.05) is 55.5 Å². The Hall–Kier alpha value is -2.66. The fourth-order valence-corrected chi connectivity index (χ4v) is 2.98. The van der Waals surface area contributed by atoms with Gasteiger partial charge in [0.05, 0.1) is 12.3 Å². The minimum absolute atomic E-state index is 0.155. The molecule has 1 aliphatic rings. The number of anilines is 1. The number of hydrogen-bond donors (Lipinski definition) is 1. The Morgan fingerprint density at radius 2 is 1.96 bits per heavy atom. The lowest BCUT2D eigenvalue weighted by atomic mass is 10.1. The number of nitrogens with zero attached hydrogens (tertiary/aromatic N) is 1. The summed E-state index contributed by atoms with van der Waals surface area (Å²) in [5.41, 5.74) is 3.14. The average molecular weight is 366 g/mol. The summed E-state index contributed by atoms with van der Waals surface area (Å²) in [6, 6.07) is 15.4. The maximum atomic E-state index is 12.8. The fourth-order valence-electron chi connectivity index (χ4n) is 2.69. The lowest BCUT2D eigenvalue weighted by Crippen LogP contribution is -2.30. The van der Waals surface area contributed by atoms with E-state index in [4.69, 9.17) is 17.0 Å². The molecule has 0 radical (unpaired) electrons. The van der Waals surface area contributed by atoms with E-state index in [1.165, 1.54) is 4.90 Å². The zero-order chi connectivity index (χ0) is 18.7. The van der Waals surface area contributed by atoms with E-state index >= 15 is 0 Å². The van der Waals surface area contributed by atoms with E-state index < -0.39 is 0 Å². The van der Waals surface area contributed by atoms with Crippen LogP contribution in [0.2, 0.25) is 0 Å². The standard InChI is InChI=1S/C21H22N2O2S/c1-14(2)13-25-17-9-6-8-16(11-17)12-18-20(24)23(21(26)22-18)19-10-5-4-7-15(19)3/h4-12,14H,13H2,1-3H3,(H,22,26)/b18-12+. The van der Waals surface area contributed by atoms with Gasteiger partial charge in [-0.2, -0.15) is 0 Å². The van der Waals surface area contributed by atoms with Crippen LogP contribution in [0.3, 0.4) is 0 Å².